The van der Waals surface area contributed by atoms with Gasteiger partial charge in [-0.3, -0.25) is 49.2 Å². The van der Waals surface area contributed by atoms with E-state index in [9.17, 15) is 49.2 Å². The molecule has 19 heteroatoms. The lowest BCUT2D eigenvalue weighted by Gasteiger charge is -2.28. The van der Waals surface area contributed by atoms with E-state index in [0.717, 1.165) is 28.1 Å². The van der Waals surface area contributed by atoms with Gasteiger partial charge in [0.2, 0.25) is 35.4 Å². The smallest absolute Gasteiger partial charge is 0.246 e. The number of hydrogen-bond donors (Lipinski definition) is 5. The SMILES string of the molecule is CC(=O)N(O)CCCCCNC(=O)CCC(=O)N(O)CCCCCNC(=O)CCC(=O)N(O)CCCCCCC(=O)CCC(=O)N1Cc2ccccc2-c2c(nnn2C)-c2ccccc21. The summed E-state index contributed by atoms with van der Waals surface area (Å²) in [5, 5.41) is 45.5. The van der Waals surface area contributed by atoms with E-state index in [0.29, 0.717) is 111 Å². The molecule has 2 heterocycles. The zero-order valence-corrected chi connectivity index (χ0v) is 37.7. The van der Waals surface area contributed by atoms with Crippen LogP contribution < -0.4 is 15.5 Å². The first-order chi connectivity index (χ1) is 31.3. The van der Waals surface area contributed by atoms with Gasteiger partial charge in [-0.05, 0) is 63.0 Å². The van der Waals surface area contributed by atoms with Crippen LogP contribution in [0.3, 0.4) is 0 Å². The largest absolute Gasteiger partial charge is 0.356 e. The van der Waals surface area contributed by atoms with Crippen molar-refractivity contribution in [3.8, 4) is 22.5 Å². The Morgan fingerprint density at radius 1 is 0.600 bits per heavy atom. The van der Waals surface area contributed by atoms with Crippen LogP contribution in [0.25, 0.3) is 22.5 Å². The second kappa shape index (κ2) is 27.3. The maximum atomic E-state index is 13.7. The maximum Gasteiger partial charge on any atom is 0.246 e. The van der Waals surface area contributed by atoms with Gasteiger partial charge in [-0.25, -0.2) is 19.9 Å². The van der Waals surface area contributed by atoms with Gasteiger partial charge in [-0.2, -0.15) is 0 Å². The molecule has 1 aliphatic rings. The molecule has 5 N–H and O–H groups in total. The highest BCUT2D eigenvalue weighted by Crippen LogP contribution is 2.40. The molecule has 0 spiro atoms. The average molecular weight is 904 g/mol. The Morgan fingerprint density at radius 3 is 1.72 bits per heavy atom. The highest BCUT2D eigenvalue weighted by atomic mass is 16.5. The van der Waals surface area contributed by atoms with Gasteiger partial charge in [0.25, 0.3) is 0 Å². The van der Waals surface area contributed by atoms with Crippen molar-refractivity contribution in [1.29, 1.82) is 0 Å². The minimum absolute atomic E-state index is 0.00245. The van der Waals surface area contributed by atoms with E-state index in [2.05, 4.69) is 20.9 Å². The van der Waals surface area contributed by atoms with E-state index in [4.69, 9.17) is 0 Å². The van der Waals surface area contributed by atoms with Crippen LogP contribution in [0.1, 0.15) is 122 Å². The lowest BCUT2D eigenvalue weighted by Crippen LogP contribution is -2.32. The summed E-state index contributed by atoms with van der Waals surface area (Å²) >= 11 is 0. The van der Waals surface area contributed by atoms with Crippen LogP contribution in [0.5, 0.6) is 0 Å². The zero-order chi connectivity index (χ0) is 47.1. The average Bonchev–Trinajstić information content (AvgIpc) is 3.68. The third-order valence-corrected chi connectivity index (χ3v) is 11.2. The van der Waals surface area contributed by atoms with E-state index >= 15 is 0 Å². The molecule has 1 aromatic heterocycles. The molecule has 0 atom stereocenters. The number of ketones is 1. The van der Waals surface area contributed by atoms with Crippen molar-refractivity contribution in [2.24, 2.45) is 7.05 Å². The molecule has 0 unspecified atom stereocenters. The first-order valence-corrected chi connectivity index (χ1v) is 22.6. The molecule has 0 fully saturated rings. The summed E-state index contributed by atoms with van der Waals surface area (Å²) in [6, 6.07) is 15.5. The van der Waals surface area contributed by atoms with Crippen molar-refractivity contribution in [2.75, 3.05) is 37.6 Å². The molecule has 0 aliphatic carbocycles. The van der Waals surface area contributed by atoms with E-state index < -0.39 is 17.7 Å². The number of hydroxylamine groups is 6. The molecule has 19 nitrogen and oxygen atoms in total. The number of amides is 6. The van der Waals surface area contributed by atoms with Gasteiger partial charge in [0.1, 0.15) is 11.5 Å². The van der Waals surface area contributed by atoms with Crippen molar-refractivity contribution < 1.29 is 49.2 Å². The number of fused-ring (bicyclic) bond motifs is 5. The number of Topliss-reactive ketones (excluding diaryl/α,β-unsaturated/α-hetero) is 1. The molecule has 0 radical (unpaired) electrons. The van der Waals surface area contributed by atoms with Gasteiger partial charge in [-0.15, -0.1) is 5.10 Å². The van der Waals surface area contributed by atoms with E-state index in [-0.39, 0.29) is 81.7 Å². The van der Waals surface area contributed by atoms with Crippen molar-refractivity contribution >= 4 is 46.9 Å². The quantitative estimate of drug-likeness (QED) is 0.0363. The van der Waals surface area contributed by atoms with Crippen LogP contribution in [-0.2, 0) is 47.2 Å². The molecule has 3 aromatic rings. The number of anilines is 1. The second-order valence-electron chi connectivity index (χ2n) is 16.3. The molecule has 2 aromatic carbocycles. The Morgan fingerprint density at radius 2 is 1.12 bits per heavy atom. The van der Waals surface area contributed by atoms with Crippen LogP contribution in [-0.4, -0.2) is 120 Å². The van der Waals surface area contributed by atoms with Crippen molar-refractivity contribution in [1.82, 2.24) is 40.8 Å². The minimum atomic E-state index is -0.570. The van der Waals surface area contributed by atoms with Gasteiger partial charge in [0.05, 0.1) is 17.9 Å². The number of aromatic nitrogens is 3. The number of hydrogen-bond acceptors (Lipinski definition) is 12. The Balaban J connectivity index is 0.994. The van der Waals surface area contributed by atoms with Gasteiger partial charge >= 0.3 is 0 Å². The Labute approximate surface area is 380 Å². The maximum absolute atomic E-state index is 13.7. The predicted molar refractivity (Wildman–Crippen MR) is 239 cm³/mol. The fourth-order valence-electron chi connectivity index (χ4n) is 7.43. The van der Waals surface area contributed by atoms with Gasteiger partial charge < -0.3 is 15.5 Å². The molecular weight excluding hydrogens is 839 g/mol. The van der Waals surface area contributed by atoms with Crippen LogP contribution in [0, 0.1) is 0 Å². The van der Waals surface area contributed by atoms with E-state index in [1.54, 1.807) is 9.58 Å². The first-order valence-electron chi connectivity index (χ1n) is 22.6. The summed E-state index contributed by atoms with van der Waals surface area (Å²) in [6.45, 7) is 2.76. The molecule has 1 aliphatic heterocycles. The van der Waals surface area contributed by atoms with Gasteiger partial charge in [-0.1, -0.05) is 60.5 Å². The standard InChI is InChI=1S/C46H65N9O10/c1-34(56)53(63)30-15-5-12-28-47-40(58)24-27-44(62)55(65)32-16-6-13-29-48-41(59)23-26-43(61)54(64)31-14-4-3-7-18-36(57)22-25-42(60)52-33-35-17-8-9-19-37(35)46-45(49-50-51(46)2)38-20-10-11-21-39(38)52/h8-11,17,19-21,63-65H,3-7,12-16,18,22-33H2,1-2H3,(H,47,58)(H,48,59). The normalized spacial score (nSPS) is 11.6. The monoisotopic (exact) mass is 903 g/mol. The molecule has 0 saturated carbocycles. The molecule has 354 valence electrons. The number of unbranched alkanes of at least 4 members (excludes halogenated alkanes) is 7. The highest BCUT2D eigenvalue weighted by molar-refractivity contribution is 6.01. The molecule has 4 rings (SSSR count). The van der Waals surface area contributed by atoms with Crippen LogP contribution in [0.15, 0.2) is 48.5 Å². The number of carbonyl (C=O) groups excluding carboxylic acids is 7. The van der Waals surface area contributed by atoms with Crippen molar-refractivity contribution in [2.45, 2.75) is 123 Å². The lowest BCUT2D eigenvalue weighted by molar-refractivity contribution is -0.166. The number of rotatable bonds is 28. The minimum Gasteiger partial charge on any atom is -0.356 e. The predicted octanol–water partition coefficient (Wildman–Crippen LogP) is 5.10. The Kier molecular flexibility index (Phi) is 21.7. The first kappa shape index (κ1) is 51.6. The molecule has 65 heavy (non-hydrogen) atoms. The topological polar surface area (TPSA) is 248 Å². The fraction of sp³-hybridized carbons (Fsp3) is 0.543. The number of carbonyl (C=O) groups is 7. The third kappa shape index (κ3) is 17.1. The van der Waals surface area contributed by atoms with E-state index in [1.165, 1.54) is 6.92 Å². The summed E-state index contributed by atoms with van der Waals surface area (Å²) in [6.07, 6.45) is 6.24. The molecule has 0 bridgehead atoms. The zero-order valence-electron chi connectivity index (χ0n) is 37.7. The molecule has 0 saturated heterocycles. The van der Waals surface area contributed by atoms with Gasteiger partial charge in [0.15, 0.2) is 0 Å². The summed E-state index contributed by atoms with van der Waals surface area (Å²) in [5.74, 6) is -2.37. The number of nitrogens with zero attached hydrogens (tertiary/aromatic N) is 7. The Bertz CT molecular complexity index is 2080. The number of benzene rings is 2. The lowest BCUT2D eigenvalue weighted by atomic mass is 9.95. The van der Waals surface area contributed by atoms with Crippen molar-refractivity contribution in [3.63, 3.8) is 0 Å². The molecular formula is C46H65N9O10. The number of aryl methyl sites for hydroxylation is 1. The summed E-state index contributed by atoms with van der Waals surface area (Å²) in [7, 11) is 1.85. The number of nitrogens with one attached hydrogen (secondary N) is 2. The van der Waals surface area contributed by atoms with Gasteiger partial charge in [0, 0.05) is 103 Å². The third-order valence-electron chi connectivity index (χ3n) is 11.2. The summed E-state index contributed by atoms with van der Waals surface area (Å²) in [5.41, 5.74) is 5.00. The Hall–Kier alpha value is -6.05. The number of para-hydroxylation sites is 1. The second-order valence-corrected chi connectivity index (χ2v) is 16.3. The summed E-state index contributed by atoms with van der Waals surface area (Å²) < 4.78 is 1.75. The molecule has 6 amide bonds. The highest BCUT2D eigenvalue weighted by Gasteiger charge is 2.28. The van der Waals surface area contributed by atoms with Crippen LogP contribution in [0.4, 0.5) is 5.69 Å². The van der Waals surface area contributed by atoms with Crippen LogP contribution in [0.2, 0.25) is 0 Å². The van der Waals surface area contributed by atoms with Crippen molar-refractivity contribution in [3.05, 3.63) is 54.1 Å². The summed E-state index contributed by atoms with van der Waals surface area (Å²) in [4.78, 5) is 88.0. The van der Waals surface area contributed by atoms with Crippen LogP contribution >= 0.6 is 0 Å². The fourth-order valence-corrected chi connectivity index (χ4v) is 7.43. The van der Waals surface area contributed by atoms with E-state index in [1.807, 2.05) is 55.6 Å².